The average Bonchev–Trinajstić information content (AvgIpc) is 2.80. The second-order valence-electron chi connectivity index (χ2n) is 5.72. The van der Waals surface area contributed by atoms with Gasteiger partial charge in [-0.05, 0) is 37.1 Å². The number of methoxy groups -OCH3 is 1. The highest BCUT2D eigenvalue weighted by Gasteiger charge is 2.14. The van der Waals surface area contributed by atoms with Gasteiger partial charge in [0, 0.05) is 19.1 Å². The Kier molecular flexibility index (Phi) is 8.91. The summed E-state index contributed by atoms with van der Waals surface area (Å²) in [5.74, 6) is 0.647. The van der Waals surface area contributed by atoms with Crippen LogP contribution in [0.25, 0.3) is 0 Å². The number of halogens is 1. The number of rotatable bonds is 7. The molecule has 0 unspecified atom stereocenters. The van der Waals surface area contributed by atoms with E-state index in [-0.39, 0.29) is 17.3 Å². The van der Waals surface area contributed by atoms with Crippen LogP contribution in [-0.2, 0) is 10.0 Å². The predicted octanol–water partition coefficient (Wildman–Crippen LogP) is 2.71. The summed E-state index contributed by atoms with van der Waals surface area (Å²) < 4.78 is 32.0. The van der Waals surface area contributed by atoms with Crippen molar-refractivity contribution >= 4 is 22.4 Å². The fraction of sp³-hybridized carbons (Fsp3) is 0.625. The first-order valence-electron chi connectivity index (χ1n) is 7.99. The molecule has 1 aliphatic carbocycles. The van der Waals surface area contributed by atoms with Crippen molar-refractivity contribution in [2.24, 2.45) is 0 Å². The van der Waals surface area contributed by atoms with Crippen molar-refractivity contribution in [1.29, 1.82) is 0 Å². The summed E-state index contributed by atoms with van der Waals surface area (Å²) >= 11 is 0. The van der Waals surface area contributed by atoms with Crippen LogP contribution < -0.4 is 14.8 Å². The Bertz CT molecular complexity index is 541. The number of hydrogen-bond donors (Lipinski definition) is 2. The summed E-state index contributed by atoms with van der Waals surface area (Å²) in [6.07, 6.45) is 7.59. The Hall–Kier alpha value is -0.820. The first kappa shape index (κ1) is 20.2. The van der Waals surface area contributed by atoms with Crippen LogP contribution >= 0.6 is 12.4 Å². The zero-order valence-electron chi connectivity index (χ0n) is 13.6. The van der Waals surface area contributed by atoms with Gasteiger partial charge in [0.25, 0.3) is 0 Å². The lowest BCUT2D eigenvalue weighted by atomic mass is 10.1. The van der Waals surface area contributed by atoms with Crippen molar-refractivity contribution in [2.45, 2.75) is 49.5 Å². The molecule has 0 spiro atoms. The molecule has 1 aliphatic rings. The summed E-state index contributed by atoms with van der Waals surface area (Å²) in [4.78, 5) is 0.266. The van der Waals surface area contributed by atoms with Gasteiger partial charge in [-0.25, -0.2) is 13.1 Å². The summed E-state index contributed by atoms with van der Waals surface area (Å²) in [5, 5.41) is 3.46. The minimum absolute atomic E-state index is 0. The second kappa shape index (κ2) is 10.1. The van der Waals surface area contributed by atoms with Crippen molar-refractivity contribution in [3.8, 4) is 5.75 Å². The molecule has 0 aliphatic heterocycles. The molecule has 0 atom stereocenters. The van der Waals surface area contributed by atoms with Crippen LogP contribution in [0.5, 0.6) is 5.75 Å². The highest BCUT2D eigenvalue weighted by Crippen LogP contribution is 2.17. The molecule has 7 heteroatoms. The SMILES string of the molecule is COc1ccc(S(=O)(=O)NCCNC2CCCCCC2)cc1.Cl. The zero-order chi connectivity index (χ0) is 15.8. The standard InChI is InChI=1S/C16H26N2O3S.ClH/c1-21-15-8-10-16(11-9-15)22(19,20)18-13-12-17-14-6-4-2-3-5-7-14;/h8-11,14,17-18H,2-7,12-13H2,1H3;1H. The molecule has 2 N–H and O–H groups in total. The van der Waals surface area contributed by atoms with Gasteiger partial charge in [-0.2, -0.15) is 0 Å². The van der Waals surface area contributed by atoms with Crippen LogP contribution in [0, 0.1) is 0 Å². The fourth-order valence-corrected chi connectivity index (χ4v) is 3.82. The molecular weight excluding hydrogens is 336 g/mol. The van der Waals surface area contributed by atoms with Crippen molar-refractivity contribution < 1.29 is 13.2 Å². The molecule has 0 amide bonds. The first-order valence-corrected chi connectivity index (χ1v) is 9.47. The third kappa shape index (κ3) is 6.67. The lowest BCUT2D eigenvalue weighted by Gasteiger charge is -2.16. The van der Waals surface area contributed by atoms with Gasteiger partial charge >= 0.3 is 0 Å². The monoisotopic (exact) mass is 362 g/mol. The van der Waals surface area contributed by atoms with E-state index in [1.807, 2.05) is 0 Å². The molecule has 0 heterocycles. The van der Waals surface area contributed by atoms with E-state index in [0.717, 1.165) is 0 Å². The molecule has 5 nitrogen and oxygen atoms in total. The topological polar surface area (TPSA) is 67.4 Å². The maximum absolute atomic E-state index is 12.2. The van der Waals surface area contributed by atoms with Crippen LogP contribution in [0.4, 0.5) is 0 Å². The summed E-state index contributed by atoms with van der Waals surface area (Å²) in [6.45, 7) is 1.07. The number of benzene rings is 1. The number of hydrogen-bond acceptors (Lipinski definition) is 4. The molecule has 132 valence electrons. The van der Waals surface area contributed by atoms with E-state index in [2.05, 4.69) is 10.0 Å². The number of ether oxygens (including phenoxy) is 1. The molecule has 0 radical (unpaired) electrons. The Labute approximate surface area is 145 Å². The van der Waals surface area contributed by atoms with Gasteiger partial charge in [-0.1, -0.05) is 25.7 Å². The van der Waals surface area contributed by atoms with Gasteiger partial charge in [0.1, 0.15) is 5.75 Å². The second-order valence-corrected chi connectivity index (χ2v) is 7.48. The van der Waals surface area contributed by atoms with Crippen LogP contribution in [0.1, 0.15) is 38.5 Å². The Morgan fingerprint density at radius 3 is 2.22 bits per heavy atom. The van der Waals surface area contributed by atoms with Gasteiger partial charge in [0.2, 0.25) is 10.0 Å². The zero-order valence-corrected chi connectivity index (χ0v) is 15.2. The molecule has 0 bridgehead atoms. The van der Waals surface area contributed by atoms with Gasteiger partial charge in [-0.15, -0.1) is 12.4 Å². The molecule has 0 aromatic heterocycles. The molecule has 1 aromatic carbocycles. The number of sulfonamides is 1. The van der Waals surface area contributed by atoms with Crippen LogP contribution in [0.15, 0.2) is 29.2 Å². The van der Waals surface area contributed by atoms with Gasteiger partial charge in [0.15, 0.2) is 0 Å². The highest BCUT2D eigenvalue weighted by molar-refractivity contribution is 7.89. The average molecular weight is 363 g/mol. The van der Waals surface area contributed by atoms with Crippen molar-refractivity contribution in [2.75, 3.05) is 20.2 Å². The Morgan fingerprint density at radius 2 is 1.65 bits per heavy atom. The minimum atomic E-state index is -3.44. The molecule has 2 rings (SSSR count). The predicted molar refractivity (Wildman–Crippen MR) is 94.9 cm³/mol. The molecule has 1 fully saturated rings. The normalized spacial score (nSPS) is 16.4. The quantitative estimate of drug-likeness (QED) is 0.578. The molecule has 23 heavy (non-hydrogen) atoms. The summed E-state index contributed by atoms with van der Waals surface area (Å²) in [6, 6.07) is 6.95. The molecule has 1 saturated carbocycles. The van der Waals surface area contributed by atoms with Gasteiger partial charge in [-0.3, -0.25) is 0 Å². The molecular formula is C16H27ClN2O3S. The van der Waals surface area contributed by atoms with Crippen molar-refractivity contribution in [1.82, 2.24) is 10.0 Å². The van der Waals surface area contributed by atoms with Crippen LogP contribution in [0.3, 0.4) is 0 Å². The third-order valence-corrected chi connectivity index (χ3v) is 5.55. The largest absolute Gasteiger partial charge is 0.497 e. The number of nitrogens with one attached hydrogen (secondary N) is 2. The first-order chi connectivity index (χ1) is 10.6. The maximum atomic E-state index is 12.2. The highest BCUT2D eigenvalue weighted by atomic mass is 35.5. The van der Waals surface area contributed by atoms with Gasteiger partial charge in [0.05, 0.1) is 12.0 Å². The van der Waals surface area contributed by atoms with E-state index >= 15 is 0 Å². The van der Waals surface area contributed by atoms with E-state index in [9.17, 15) is 8.42 Å². The lowest BCUT2D eigenvalue weighted by molar-refractivity contribution is 0.414. The smallest absolute Gasteiger partial charge is 0.240 e. The van der Waals surface area contributed by atoms with Crippen molar-refractivity contribution in [3.05, 3.63) is 24.3 Å². The van der Waals surface area contributed by atoms with E-state index in [1.54, 1.807) is 31.4 Å². The molecule has 1 aromatic rings. The summed E-state index contributed by atoms with van der Waals surface area (Å²) in [5.41, 5.74) is 0. The molecule has 0 saturated heterocycles. The van der Waals surface area contributed by atoms with Gasteiger partial charge < -0.3 is 10.1 Å². The lowest BCUT2D eigenvalue weighted by Crippen LogP contribution is -2.36. The fourth-order valence-electron chi connectivity index (χ4n) is 2.78. The summed E-state index contributed by atoms with van der Waals surface area (Å²) in [7, 11) is -1.88. The van der Waals surface area contributed by atoms with E-state index in [4.69, 9.17) is 4.74 Å². The Balaban J connectivity index is 0.00000264. The van der Waals surface area contributed by atoms with Crippen LogP contribution in [-0.4, -0.2) is 34.7 Å². The van der Waals surface area contributed by atoms with E-state index in [0.29, 0.717) is 24.9 Å². The third-order valence-electron chi connectivity index (χ3n) is 4.08. The minimum Gasteiger partial charge on any atom is -0.497 e. The maximum Gasteiger partial charge on any atom is 0.240 e. The Morgan fingerprint density at radius 1 is 1.04 bits per heavy atom. The van der Waals surface area contributed by atoms with E-state index in [1.165, 1.54) is 38.5 Å². The van der Waals surface area contributed by atoms with Crippen molar-refractivity contribution in [3.63, 3.8) is 0 Å². The van der Waals surface area contributed by atoms with Crippen LogP contribution in [0.2, 0.25) is 0 Å². The van der Waals surface area contributed by atoms with E-state index < -0.39 is 10.0 Å².